The van der Waals surface area contributed by atoms with Crippen LogP contribution in [0.3, 0.4) is 0 Å². The zero-order valence-corrected chi connectivity index (χ0v) is 23.1. The van der Waals surface area contributed by atoms with Crippen molar-refractivity contribution in [2.24, 2.45) is 0 Å². The van der Waals surface area contributed by atoms with Gasteiger partial charge in [0.1, 0.15) is 31.1 Å². The summed E-state index contributed by atoms with van der Waals surface area (Å²) in [6.45, 7) is 16.3. The lowest BCUT2D eigenvalue weighted by molar-refractivity contribution is -0.436. The van der Waals surface area contributed by atoms with Gasteiger partial charge in [0.2, 0.25) is 5.70 Å². The molecule has 0 saturated carbocycles. The first-order valence-electron chi connectivity index (χ1n) is 13.1. The molecule has 7 nitrogen and oxygen atoms in total. The van der Waals surface area contributed by atoms with Gasteiger partial charge in [-0.3, -0.25) is 9.88 Å². The van der Waals surface area contributed by atoms with E-state index in [4.69, 9.17) is 18.6 Å². The van der Waals surface area contributed by atoms with Crippen molar-refractivity contribution in [1.29, 1.82) is 0 Å². The van der Waals surface area contributed by atoms with Crippen LogP contribution < -0.4 is 0 Å². The highest BCUT2D eigenvalue weighted by Gasteiger charge is 2.20. The van der Waals surface area contributed by atoms with E-state index in [9.17, 15) is 0 Å². The normalized spacial score (nSPS) is 18.2. The molecule has 38 heavy (non-hydrogen) atoms. The fourth-order valence-corrected chi connectivity index (χ4v) is 5.56. The van der Waals surface area contributed by atoms with Gasteiger partial charge in [0, 0.05) is 62.1 Å². The number of nitrogens with zero attached hydrogens (tertiary/aromatic N) is 3. The first-order chi connectivity index (χ1) is 18.5. The van der Waals surface area contributed by atoms with Crippen LogP contribution in [0.15, 0.2) is 65.1 Å². The van der Waals surface area contributed by atoms with Crippen LogP contribution in [-0.4, -0.2) is 73.8 Å². The first-order valence-corrected chi connectivity index (χ1v) is 13.9. The molecular weight excluding hydrogens is 498 g/mol. The number of allylic oxidation sites excluding steroid dienone is 4. The Kier molecular flexibility index (Phi) is 8.54. The van der Waals surface area contributed by atoms with Gasteiger partial charge in [-0.1, -0.05) is 12.7 Å². The second kappa shape index (κ2) is 12.2. The summed E-state index contributed by atoms with van der Waals surface area (Å²) in [7, 11) is 1.92. The maximum atomic E-state index is 6.37. The largest absolute Gasteiger partial charge is 0.484 e. The van der Waals surface area contributed by atoms with Gasteiger partial charge in [-0.2, -0.15) is 0 Å². The van der Waals surface area contributed by atoms with Crippen LogP contribution in [0.4, 0.5) is 0 Å². The highest BCUT2D eigenvalue weighted by atomic mass is 32.1. The van der Waals surface area contributed by atoms with E-state index in [1.165, 1.54) is 4.88 Å². The van der Waals surface area contributed by atoms with Gasteiger partial charge in [-0.25, -0.2) is 4.58 Å². The molecule has 200 valence electrons. The topological polar surface area (TPSA) is 60.0 Å². The average Bonchev–Trinajstić information content (AvgIpc) is 3.58. The molecule has 8 heteroatoms. The van der Waals surface area contributed by atoms with Crippen LogP contribution in [0.2, 0.25) is 0 Å². The molecule has 0 spiro atoms. The van der Waals surface area contributed by atoms with Crippen molar-refractivity contribution in [3.63, 3.8) is 0 Å². The van der Waals surface area contributed by atoms with E-state index >= 15 is 0 Å². The Labute approximate surface area is 228 Å². The van der Waals surface area contributed by atoms with E-state index in [0.29, 0.717) is 0 Å². The lowest BCUT2D eigenvalue weighted by atomic mass is 10.1. The fraction of sp³-hybridized carbons (Fsp3) is 0.400. The molecule has 0 N–H and O–H groups in total. The van der Waals surface area contributed by atoms with Crippen LogP contribution in [0.1, 0.15) is 30.2 Å². The zero-order valence-electron chi connectivity index (χ0n) is 22.3. The Bertz CT molecular complexity index is 1360. The van der Waals surface area contributed by atoms with Crippen molar-refractivity contribution in [3.05, 3.63) is 71.1 Å². The number of hydrogen-bond donors (Lipinski definition) is 0. The highest BCUT2D eigenvalue weighted by Crippen LogP contribution is 2.35. The summed E-state index contributed by atoms with van der Waals surface area (Å²) in [5.41, 5.74) is 4.24. The highest BCUT2D eigenvalue weighted by molar-refractivity contribution is 7.15. The summed E-state index contributed by atoms with van der Waals surface area (Å²) < 4.78 is 25.5. The maximum absolute atomic E-state index is 6.37. The predicted molar refractivity (Wildman–Crippen MR) is 153 cm³/mol. The van der Waals surface area contributed by atoms with Crippen LogP contribution in [-0.2, 0) is 20.8 Å². The number of fused-ring (bicyclic) bond motifs is 1. The Morgan fingerprint density at radius 1 is 1.16 bits per heavy atom. The Balaban J connectivity index is 1.35. The van der Waals surface area contributed by atoms with E-state index in [1.807, 2.05) is 42.8 Å². The first kappa shape index (κ1) is 26.6. The minimum absolute atomic E-state index is 0.130. The standard InChI is InChI=1S/C30H36N3O4S/c1-21(5-7-27(22(2)32(3)4)36-23-10-15-34-16-11-23)25-9-12-31-26-19-28(37-30(25)26)29-8-6-24(38-29)20-33-13-17-35-18-14-33/h5-9,12,19,23H,1,3,10-11,13-18,20H2,2,4H3/q+1. The van der Waals surface area contributed by atoms with Crippen molar-refractivity contribution in [3.8, 4) is 10.6 Å². The summed E-state index contributed by atoms with van der Waals surface area (Å²) in [5, 5.41) is 0. The van der Waals surface area contributed by atoms with E-state index < -0.39 is 0 Å². The Morgan fingerprint density at radius 3 is 2.68 bits per heavy atom. The van der Waals surface area contributed by atoms with E-state index in [2.05, 4.69) is 35.3 Å². The molecule has 0 atom stereocenters. The van der Waals surface area contributed by atoms with Crippen molar-refractivity contribution >= 4 is 34.7 Å². The lowest BCUT2D eigenvalue weighted by Crippen LogP contribution is -2.35. The molecule has 0 radical (unpaired) electrons. The zero-order chi connectivity index (χ0) is 26.5. The monoisotopic (exact) mass is 534 g/mol. The number of aromatic nitrogens is 1. The van der Waals surface area contributed by atoms with Gasteiger partial charge in [0.25, 0.3) is 0 Å². The Morgan fingerprint density at radius 2 is 1.92 bits per heavy atom. The molecular formula is C30H36N3O4S+. The van der Waals surface area contributed by atoms with Gasteiger partial charge in [0.05, 0.1) is 31.3 Å². The molecule has 2 aliphatic heterocycles. The van der Waals surface area contributed by atoms with Crippen molar-refractivity contribution in [2.75, 3.05) is 46.6 Å². The fourth-order valence-electron chi connectivity index (χ4n) is 4.56. The van der Waals surface area contributed by atoms with E-state index in [-0.39, 0.29) is 6.10 Å². The summed E-state index contributed by atoms with van der Waals surface area (Å²) in [6, 6.07) is 8.29. The smallest absolute Gasteiger partial charge is 0.219 e. The van der Waals surface area contributed by atoms with Gasteiger partial charge in [-0.05, 0) is 29.8 Å². The van der Waals surface area contributed by atoms with Gasteiger partial charge in [-0.15, -0.1) is 11.3 Å². The van der Waals surface area contributed by atoms with Crippen LogP contribution in [0.25, 0.3) is 27.3 Å². The molecule has 2 aliphatic rings. The average molecular weight is 535 g/mol. The van der Waals surface area contributed by atoms with Gasteiger partial charge < -0.3 is 18.6 Å². The number of furan rings is 1. The molecule has 0 amide bonds. The predicted octanol–water partition coefficient (Wildman–Crippen LogP) is 5.73. The molecule has 0 aliphatic carbocycles. The number of pyridine rings is 1. The third-order valence-corrected chi connectivity index (χ3v) is 8.06. The molecule has 2 fully saturated rings. The number of thiophene rings is 1. The second-order valence-corrected chi connectivity index (χ2v) is 10.9. The van der Waals surface area contributed by atoms with Crippen LogP contribution in [0, 0.1) is 0 Å². The number of rotatable bonds is 9. The number of hydrogen-bond acceptors (Lipinski definition) is 7. The molecule has 2 saturated heterocycles. The molecule has 0 unspecified atom stereocenters. The number of ether oxygens (including phenoxy) is 3. The molecule has 0 aromatic carbocycles. The minimum Gasteiger partial charge on any atom is -0.484 e. The quantitative estimate of drug-likeness (QED) is 0.151. The SMILES string of the molecule is C=C(C=CC(OC1CCOCC1)=C(C)[N+](=C)C)c1ccnc2cc(-c3ccc(CN4CCOCC4)s3)oc12. The molecule has 5 rings (SSSR count). The molecule has 3 aromatic heterocycles. The van der Waals surface area contributed by atoms with Crippen molar-refractivity contribution < 1.29 is 23.2 Å². The number of morpholine rings is 1. The van der Waals surface area contributed by atoms with Crippen molar-refractivity contribution in [1.82, 2.24) is 9.88 Å². The molecule has 3 aromatic rings. The summed E-state index contributed by atoms with van der Waals surface area (Å²) in [4.78, 5) is 9.40. The van der Waals surface area contributed by atoms with Gasteiger partial charge in [0.15, 0.2) is 11.3 Å². The third-order valence-electron chi connectivity index (χ3n) is 6.97. The summed E-state index contributed by atoms with van der Waals surface area (Å²) in [6.07, 6.45) is 7.64. The second-order valence-electron chi connectivity index (χ2n) is 9.77. The van der Waals surface area contributed by atoms with Crippen LogP contribution in [0.5, 0.6) is 0 Å². The van der Waals surface area contributed by atoms with Crippen LogP contribution >= 0.6 is 11.3 Å². The summed E-state index contributed by atoms with van der Waals surface area (Å²) >= 11 is 1.76. The van der Waals surface area contributed by atoms with Crippen molar-refractivity contribution in [2.45, 2.75) is 32.4 Å². The maximum Gasteiger partial charge on any atom is 0.219 e. The lowest BCUT2D eigenvalue weighted by Gasteiger charge is -2.25. The van der Waals surface area contributed by atoms with E-state index in [0.717, 1.165) is 103 Å². The van der Waals surface area contributed by atoms with E-state index in [1.54, 1.807) is 17.5 Å². The Hall–Kier alpha value is -3.04. The molecule has 0 bridgehead atoms. The minimum atomic E-state index is 0.130. The third kappa shape index (κ3) is 6.32. The molecule has 5 heterocycles. The van der Waals surface area contributed by atoms with Gasteiger partial charge >= 0.3 is 0 Å². The summed E-state index contributed by atoms with van der Waals surface area (Å²) in [5.74, 6) is 1.61.